The lowest BCUT2D eigenvalue weighted by molar-refractivity contribution is 0.532. The van der Waals surface area contributed by atoms with Crippen LogP contribution in [0, 0.1) is 3.57 Å². The van der Waals surface area contributed by atoms with Gasteiger partial charge in [0.25, 0.3) is 0 Å². The molecule has 1 aromatic heterocycles. The molecule has 2 nitrogen and oxygen atoms in total. The Kier molecular flexibility index (Phi) is 3.94. The molecule has 0 unspecified atom stereocenters. The standard InChI is InChI=1S/C21H13IO2/c22-19-16-11-5-7-13-18(16)21(23)24-20(19)17-12-6-4-10-15(17)14-8-2-1-3-9-14/h1-13H. The van der Waals surface area contributed by atoms with Crippen molar-refractivity contribution < 1.29 is 4.42 Å². The van der Waals surface area contributed by atoms with Gasteiger partial charge in [0.15, 0.2) is 5.76 Å². The molecule has 0 fully saturated rings. The second kappa shape index (κ2) is 6.24. The van der Waals surface area contributed by atoms with Crippen molar-refractivity contribution in [1.29, 1.82) is 0 Å². The summed E-state index contributed by atoms with van der Waals surface area (Å²) in [6.45, 7) is 0. The Morgan fingerprint density at radius 2 is 1.25 bits per heavy atom. The number of benzene rings is 3. The van der Waals surface area contributed by atoms with Crippen molar-refractivity contribution in [1.82, 2.24) is 0 Å². The highest BCUT2D eigenvalue weighted by atomic mass is 127. The first-order valence-corrected chi connectivity index (χ1v) is 8.70. The Morgan fingerprint density at radius 3 is 2.00 bits per heavy atom. The number of hydrogen-bond donors (Lipinski definition) is 0. The summed E-state index contributed by atoms with van der Waals surface area (Å²) in [6, 6.07) is 25.7. The Bertz CT molecular complexity index is 1080. The number of halogens is 1. The Balaban J connectivity index is 2.04. The van der Waals surface area contributed by atoms with Crippen molar-refractivity contribution >= 4 is 33.4 Å². The summed E-state index contributed by atoms with van der Waals surface area (Å²) in [7, 11) is 0. The fourth-order valence-corrected chi connectivity index (χ4v) is 3.76. The monoisotopic (exact) mass is 424 g/mol. The van der Waals surface area contributed by atoms with Crippen molar-refractivity contribution in [2.24, 2.45) is 0 Å². The molecule has 1 heterocycles. The quantitative estimate of drug-likeness (QED) is 0.385. The zero-order valence-corrected chi connectivity index (χ0v) is 14.9. The van der Waals surface area contributed by atoms with E-state index in [-0.39, 0.29) is 5.63 Å². The van der Waals surface area contributed by atoms with E-state index in [1.807, 2.05) is 54.6 Å². The topological polar surface area (TPSA) is 30.2 Å². The van der Waals surface area contributed by atoms with Gasteiger partial charge in [0.1, 0.15) is 0 Å². The number of fused-ring (bicyclic) bond motifs is 1. The molecule has 0 aliphatic carbocycles. The second-order valence-electron chi connectivity index (χ2n) is 5.49. The molecule has 0 N–H and O–H groups in total. The van der Waals surface area contributed by atoms with Crippen LogP contribution in [0.5, 0.6) is 0 Å². The first-order valence-electron chi connectivity index (χ1n) is 7.62. The summed E-state index contributed by atoms with van der Waals surface area (Å²) < 4.78 is 6.66. The number of rotatable bonds is 2. The van der Waals surface area contributed by atoms with Gasteiger partial charge in [0, 0.05) is 10.9 Å². The molecule has 3 heteroatoms. The zero-order valence-electron chi connectivity index (χ0n) is 12.7. The average molecular weight is 424 g/mol. The predicted molar refractivity (Wildman–Crippen MR) is 106 cm³/mol. The van der Waals surface area contributed by atoms with Crippen LogP contribution in [0.4, 0.5) is 0 Å². The van der Waals surface area contributed by atoms with Gasteiger partial charge in [-0.05, 0) is 39.8 Å². The molecule has 0 aliphatic heterocycles. The van der Waals surface area contributed by atoms with Crippen LogP contribution in [-0.2, 0) is 0 Å². The summed E-state index contributed by atoms with van der Waals surface area (Å²) >= 11 is 2.26. The molecule has 0 radical (unpaired) electrons. The third-order valence-electron chi connectivity index (χ3n) is 4.03. The van der Waals surface area contributed by atoms with Gasteiger partial charge < -0.3 is 4.42 Å². The Morgan fingerprint density at radius 1 is 0.667 bits per heavy atom. The lowest BCUT2D eigenvalue weighted by Crippen LogP contribution is -2.03. The van der Waals surface area contributed by atoms with Crippen LogP contribution in [0.15, 0.2) is 88.1 Å². The van der Waals surface area contributed by atoms with Gasteiger partial charge in [-0.1, -0.05) is 72.8 Å². The van der Waals surface area contributed by atoms with Gasteiger partial charge in [0.2, 0.25) is 0 Å². The molecular weight excluding hydrogens is 411 g/mol. The summed E-state index contributed by atoms with van der Waals surface area (Å²) in [5, 5.41) is 1.54. The van der Waals surface area contributed by atoms with Crippen LogP contribution >= 0.6 is 22.6 Å². The minimum atomic E-state index is -0.302. The van der Waals surface area contributed by atoms with Gasteiger partial charge >= 0.3 is 5.63 Å². The molecule has 0 atom stereocenters. The molecule has 3 aromatic carbocycles. The van der Waals surface area contributed by atoms with Crippen molar-refractivity contribution in [3.05, 3.63) is 92.9 Å². The SMILES string of the molecule is O=c1oc(-c2ccccc2-c2ccccc2)c(I)c2ccccc12. The predicted octanol–water partition coefficient (Wildman–Crippen LogP) is 5.73. The first kappa shape index (κ1) is 15.1. The van der Waals surface area contributed by atoms with Crippen LogP contribution in [0.2, 0.25) is 0 Å². The number of hydrogen-bond acceptors (Lipinski definition) is 2. The molecule has 24 heavy (non-hydrogen) atoms. The van der Waals surface area contributed by atoms with Crippen LogP contribution in [0.3, 0.4) is 0 Å². The maximum atomic E-state index is 12.4. The van der Waals surface area contributed by atoms with Crippen LogP contribution in [-0.4, -0.2) is 0 Å². The molecule has 4 rings (SSSR count). The van der Waals surface area contributed by atoms with Gasteiger partial charge in [0.05, 0.1) is 8.96 Å². The van der Waals surface area contributed by atoms with E-state index >= 15 is 0 Å². The van der Waals surface area contributed by atoms with E-state index in [9.17, 15) is 4.79 Å². The summed E-state index contributed by atoms with van der Waals surface area (Å²) in [5.74, 6) is 0.624. The largest absolute Gasteiger partial charge is 0.421 e. The van der Waals surface area contributed by atoms with Gasteiger partial charge in [-0.15, -0.1) is 0 Å². The molecule has 116 valence electrons. The van der Waals surface area contributed by atoms with E-state index < -0.39 is 0 Å². The first-order chi connectivity index (χ1) is 11.8. The van der Waals surface area contributed by atoms with Crippen molar-refractivity contribution in [2.75, 3.05) is 0 Å². The summed E-state index contributed by atoms with van der Waals surface area (Å²) in [5.41, 5.74) is 2.77. The second-order valence-corrected chi connectivity index (χ2v) is 6.57. The van der Waals surface area contributed by atoms with Crippen LogP contribution in [0.25, 0.3) is 33.2 Å². The highest BCUT2D eigenvalue weighted by Crippen LogP contribution is 2.36. The van der Waals surface area contributed by atoms with E-state index in [0.717, 1.165) is 25.6 Å². The van der Waals surface area contributed by atoms with E-state index in [4.69, 9.17) is 4.42 Å². The molecule has 0 bridgehead atoms. The van der Waals surface area contributed by atoms with E-state index in [1.165, 1.54) is 0 Å². The lowest BCUT2D eigenvalue weighted by atomic mass is 9.97. The fourth-order valence-electron chi connectivity index (χ4n) is 2.89. The van der Waals surface area contributed by atoms with Crippen LogP contribution in [0.1, 0.15) is 0 Å². The molecule has 0 amide bonds. The average Bonchev–Trinajstić information content (AvgIpc) is 2.65. The van der Waals surface area contributed by atoms with E-state index in [2.05, 4.69) is 40.8 Å². The molecule has 0 aliphatic rings. The van der Waals surface area contributed by atoms with E-state index in [0.29, 0.717) is 11.1 Å². The molecule has 4 aromatic rings. The lowest BCUT2D eigenvalue weighted by Gasteiger charge is -2.11. The summed E-state index contributed by atoms with van der Waals surface area (Å²) in [4.78, 5) is 12.4. The van der Waals surface area contributed by atoms with Crippen molar-refractivity contribution in [3.63, 3.8) is 0 Å². The fraction of sp³-hybridized carbons (Fsp3) is 0. The maximum absolute atomic E-state index is 12.4. The molecule has 0 saturated carbocycles. The normalized spacial score (nSPS) is 10.9. The maximum Gasteiger partial charge on any atom is 0.344 e. The third-order valence-corrected chi connectivity index (χ3v) is 5.11. The molecular formula is C21H13IO2. The zero-order chi connectivity index (χ0) is 16.5. The Hall–Kier alpha value is -2.40. The Labute approximate surface area is 152 Å². The summed E-state index contributed by atoms with van der Waals surface area (Å²) in [6.07, 6.45) is 0. The highest BCUT2D eigenvalue weighted by Gasteiger charge is 2.16. The van der Waals surface area contributed by atoms with Gasteiger partial charge in [-0.2, -0.15) is 0 Å². The van der Waals surface area contributed by atoms with Crippen LogP contribution < -0.4 is 5.63 Å². The highest BCUT2D eigenvalue weighted by molar-refractivity contribution is 14.1. The van der Waals surface area contributed by atoms with E-state index in [1.54, 1.807) is 6.07 Å². The molecule has 0 saturated heterocycles. The van der Waals surface area contributed by atoms with Gasteiger partial charge in [-0.25, -0.2) is 4.79 Å². The third kappa shape index (κ3) is 2.55. The molecule has 0 spiro atoms. The van der Waals surface area contributed by atoms with Gasteiger partial charge in [-0.3, -0.25) is 0 Å². The van der Waals surface area contributed by atoms with Crippen molar-refractivity contribution in [3.8, 4) is 22.5 Å². The smallest absolute Gasteiger partial charge is 0.344 e. The minimum absolute atomic E-state index is 0.302. The van der Waals surface area contributed by atoms with Crippen molar-refractivity contribution in [2.45, 2.75) is 0 Å². The minimum Gasteiger partial charge on any atom is -0.421 e.